The van der Waals surface area contributed by atoms with Crippen LogP contribution in [0, 0.1) is 17.6 Å². The number of nitrogens with zero attached hydrogens (tertiary/aromatic N) is 2. The highest BCUT2D eigenvalue weighted by Gasteiger charge is 2.42. The van der Waals surface area contributed by atoms with Gasteiger partial charge in [-0.05, 0) is 24.3 Å². The Bertz CT molecular complexity index is 1120. The molecule has 12 heteroatoms. The number of amidine groups is 1. The predicted molar refractivity (Wildman–Crippen MR) is 122 cm³/mol. The van der Waals surface area contributed by atoms with Crippen LogP contribution in [-0.2, 0) is 16.1 Å². The van der Waals surface area contributed by atoms with Crippen LogP contribution in [0.3, 0.4) is 0 Å². The van der Waals surface area contributed by atoms with Gasteiger partial charge in [0, 0.05) is 24.7 Å². The zero-order chi connectivity index (χ0) is 23.5. The second kappa shape index (κ2) is 10.0. The molecule has 174 valence electrons. The summed E-state index contributed by atoms with van der Waals surface area (Å²) in [6.07, 6.45) is -0.457. The van der Waals surface area contributed by atoms with Gasteiger partial charge in [0.05, 0.1) is 29.5 Å². The number of halogens is 3. The highest BCUT2D eigenvalue weighted by Crippen LogP contribution is 2.34. The van der Waals surface area contributed by atoms with E-state index in [9.17, 15) is 18.4 Å². The molecule has 3 N–H and O–H groups in total. The number of aliphatic imine (C=N–C) groups is 1. The van der Waals surface area contributed by atoms with E-state index in [2.05, 4.69) is 21.2 Å². The first kappa shape index (κ1) is 23.4. The van der Waals surface area contributed by atoms with E-state index in [1.165, 1.54) is 18.1 Å². The molecule has 0 aliphatic carbocycles. The number of carbonyl (C=O) groups excluding carboxylic acids is 2. The van der Waals surface area contributed by atoms with Crippen molar-refractivity contribution in [2.45, 2.75) is 12.7 Å². The Balaban J connectivity index is 1.48. The Kier molecular flexibility index (Phi) is 7.13. The number of amides is 2. The maximum absolute atomic E-state index is 13.8. The molecule has 0 radical (unpaired) electrons. The molecule has 2 amide bonds. The molecule has 2 aromatic rings. The summed E-state index contributed by atoms with van der Waals surface area (Å²) in [6.45, 7) is 0.319. The molecule has 2 aromatic carbocycles. The first-order valence-electron chi connectivity index (χ1n) is 9.94. The number of anilines is 1. The SMILES string of the molecule is COc1ccc(N2C(=O)C3CNNC3N=C2SCC(=O)NCc2ccc(F)cc2F)cc1Cl. The first-order chi connectivity index (χ1) is 15.9. The van der Waals surface area contributed by atoms with Crippen LogP contribution in [0.15, 0.2) is 41.4 Å². The summed E-state index contributed by atoms with van der Waals surface area (Å²) in [5.41, 5.74) is 6.54. The minimum atomic E-state index is -0.737. The standard InChI is InChI=1S/C21H20ClF2N5O3S/c1-32-17-5-4-13(7-15(17)22)29-20(31)14-9-26-28-19(14)27-21(29)33-10-18(30)25-8-11-2-3-12(23)6-16(11)24/h2-7,14,19,26,28H,8-10H2,1H3,(H,25,30). The molecule has 33 heavy (non-hydrogen) atoms. The molecular weight excluding hydrogens is 476 g/mol. The van der Waals surface area contributed by atoms with Crippen LogP contribution < -0.4 is 25.8 Å². The molecule has 2 aliphatic rings. The number of carbonyl (C=O) groups is 2. The number of hydrogen-bond acceptors (Lipinski definition) is 7. The number of hydrazine groups is 1. The van der Waals surface area contributed by atoms with Crippen LogP contribution in [0.5, 0.6) is 5.75 Å². The molecule has 2 unspecified atom stereocenters. The normalized spacial score (nSPS) is 19.8. The zero-order valence-electron chi connectivity index (χ0n) is 17.4. The summed E-state index contributed by atoms with van der Waals surface area (Å²) < 4.78 is 32.0. The summed E-state index contributed by atoms with van der Waals surface area (Å²) in [7, 11) is 1.49. The third-order valence-corrected chi connectivity index (χ3v) is 6.40. The Labute approximate surface area is 197 Å². The molecule has 2 heterocycles. The molecule has 1 saturated heterocycles. The molecule has 0 saturated carbocycles. The maximum atomic E-state index is 13.8. The van der Waals surface area contributed by atoms with Crippen LogP contribution >= 0.6 is 23.4 Å². The van der Waals surface area contributed by atoms with Crippen molar-refractivity contribution in [2.24, 2.45) is 10.9 Å². The van der Waals surface area contributed by atoms with Gasteiger partial charge in [-0.25, -0.2) is 19.2 Å². The number of rotatable bonds is 6. The van der Waals surface area contributed by atoms with Crippen molar-refractivity contribution in [1.29, 1.82) is 0 Å². The number of thioether (sulfide) groups is 1. The van der Waals surface area contributed by atoms with Gasteiger partial charge in [-0.3, -0.25) is 19.9 Å². The van der Waals surface area contributed by atoms with E-state index in [-0.39, 0.29) is 23.8 Å². The van der Waals surface area contributed by atoms with Gasteiger partial charge >= 0.3 is 0 Å². The molecule has 0 spiro atoms. The van der Waals surface area contributed by atoms with E-state index in [0.29, 0.717) is 28.2 Å². The number of hydrogen-bond donors (Lipinski definition) is 3. The van der Waals surface area contributed by atoms with Crippen molar-refractivity contribution in [3.05, 3.63) is 58.6 Å². The van der Waals surface area contributed by atoms with Gasteiger partial charge in [0.2, 0.25) is 11.8 Å². The van der Waals surface area contributed by atoms with E-state index < -0.39 is 29.6 Å². The molecule has 0 bridgehead atoms. The molecule has 2 atom stereocenters. The lowest BCUT2D eigenvalue weighted by Crippen LogP contribution is -2.49. The summed E-state index contributed by atoms with van der Waals surface area (Å²) in [6, 6.07) is 8.09. The Morgan fingerprint density at radius 1 is 1.33 bits per heavy atom. The zero-order valence-corrected chi connectivity index (χ0v) is 19.0. The van der Waals surface area contributed by atoms with Crippen molar-refractivity contribution in [3.8, 4) is 5.75 Å². The predicted octanol–water partition coefficient (Wildman–Crippen LogP) is 2.43. The third kappa shape index (κ3) is 5.11. The molecular formula is C21H20ClF2N5O3S. The van der Waals surface area contributed by atoms with Crippen LogP contribution in [0.1, 0.15) is 5.56 Å². The molecule has 8 nitrogen and oxygen atoms in total. The lowest BCUT2D eigenvalue weighted by molar-refractivity contribution is -0.121. The molecule has 4 rings (SSSR count). The smallest absolute Gasteiger partial charge is 0.241 e. The van der Waals surface area contributed by atoms with Crippen LogP contribution in [0.25, 0.3) is 0 Å². The lowest BCUT2D eigenvalue weighted by atomic mass is 10.0. The van der Waals surface area contributed by atoms with Crippen molar-refractivity contribution in [3.63, 3.8) is 0 Å². The van der Waals surface area contributed by atoms with Gasteiger partial charge in [-0.1, -0.05) is 29.4 Å². The summed E-state index contributed by atoms with van der Waals surface area (Å²) in [5, 5.41) is 3.24. The average molecular weight is 496 g/mol. The first-order valence-corrected chi connectivity index (χ1v) is 11.3. The van der Waals surface area contributed by atoms with Gasteiger partial charge in [-0.15, -0.1) is 0 Å². The summed E-state index contributed by atoms with van der Waals surface area (Å²) >= 11 is 7.32. The van der Waals surface area contributed by atoms with E-state index in [1.54, 1.807) is 18.2 Å². The minimum absolute atomic E-state index is 0.0693. The van der Waals surface area contributed by atoms with E-state index >= 15 is 0 Å². The molecule has 0 aromatic heterocycles. The van der Waals surface area contributed by atoms with Crippen molar-refractivity contribution in [2.75, 3.05) is 24.3 Å². The van der Waals surface area contributed by atoms with Gasteiger partial charge < -0.3 is 10.1 Å². The number of fused-ring (bicyclic) bond motifs is 1. The van der Waals surface area contributed by atoms with Crippen LogP contribution in [0.2, 0.25) is 5.02 Å². The molecule has 1 fully saturated rings. The molecule has 2 aliphatic heterocycles. The maximum Gasteiger partial charge on any atom is 0.241 e. The number of benzene rings is 2. The highest BCUT2D eigenvalue weighted by molar-refractivity contribution is 8.14. The van der Waals surface area contributed by atoms with Crippen LogP contribution in [0.4, 0.5) is 14.5 Å². The van der Waals surface area contributed by atoms with Gasteiger partial charge in [0.25, 0.3) is 0 Å². The van der Waals surface area contributed by atoms with E-state index in [4.69, 9.17) is 16.3 Å². The fourth-order valence-electron chi connectivity index (χ4n) is 3.44. The monoisotopic (exact) mass is 495 g/mol. The summed E-state index contributed by atoms with van der Waals surface area (Å²) in [5.74, 6) is -2.03. The number of nitrogens with one attached hydrogen (secondary N) is 3. The Morgan fingerprint density at radius 3 is 2.88 bits per heavy atom. The quantitative estimate of drug-likeness (QED) is 0.570. The van der Waals surface area contributed by atoms with Crippen LogP contribution in [-0.4, -0.2) is 42.6 Å². The summed E-state index contributed by atoms with van der Waals surface area (Å²) in [4.78, 5) is 31.6. The second-order valence-corrected chi connectivity index (χ2v) is 8.63. The second-order valence-electron chi connectivity index (χ2n) is 7.28. The topological polar surface area (TPSA) is 95.1 Å². The van der Waals surface area contributed by atoms with Gasteiger partial charge in [0.1, 0.15) is 23.5 Å². The highest BCUT2D eigenvalue weighted by atomic mass is 35.5. The fourth-order valence-corrected chi connectivity index (χ4v) is 4.57. The van der Waals surface area contributed by atoms with Crippen molar-refractivity contribution >= 4 is 46.0 Å². The van der Waals surface area contributed by atoms with Gasteiger partial charge in [0.15, 0.2) is 5.17 Å². The largest absolute Gasteiger partial charge is 0.495 e. The van der Waals surface area contributed by atoms with E-state index in [1.807, 2.05) is 0 Å². The van der Waals surface area contributed by atoms with Crippen molar-refractivity contribution < 1.29 is 23.1 Å². The minimum Gasteiger partial charge on any atom is -0.495 e. The van der Waals surface area contributed by atoms with E-state index in [0.717, 1.165) is 23.9 Å². The Morgan fingerprint density at radius 2 is 2.15 bits per heavy atom. The number of ether oxygens (including phenoxy) is 1. The average Bonchev–Trinajstić information content (AvgIpc) is 3.26. The van der Waals surface area contributed by atoms with Gasteiger partial charge in [-0.2, -0.15) is 0 Å². The van der Waals surface area contributed by atoms with Crippen molar-refractivity contribution in [1.82, 2.24) is 16.2 Å². The lowest BCUT2D eigenvalue weighted by Gasteiger charge is -2.32. The fraction of sp³-hybridized carbons (Fsp3) is 0.286. The Hall–Kier alpha value is -2.73. The number of methoxy groups -OCH3 is 1. The third-order valence-electron chi connectivity index (χ3n) is 5.15.